The van der Waals surface area contributed by atoms with Crippen LogP contribution in [0.25, 0.3) is 22.2 Å². The van der Waals surface area contributed by atoms with Crippen molar-refractivity contribution in [2.24, 2.45) is 5.92 Å². The number of fused-ring (bicyclic) bond motifs is 2. The fraction of sp³-hybridized carbons (Fsp3) is 0.219. The van der Waals surface area contributed by atoms with Crippen molar-refractivity contribution in [3.8, 4) is 0 Å². The molecule has 40 heavy (non-hydrogen) atoms. The summed E-state index contributed by atoms with van der Waals surface area (Å²) in [4.78, 5) is 40.1. The number of benzene rings is 3. The third kappa shape index (κ3) is 4.89. The van der Waals surface area contributed by atoms with Gasteiger partial charge in [0.05, 0.1) is 28.0 Å². The number of amides is 1. The second-order valence-corrected chi connectivity index (χ2v) is 10.6. The number of carboxylic acid groups (broad SMARTS) is 1. The smallest absolute Gasteiger partial charge is 0.335 e. The molecule has 202 valence electrons. The zero-order valence-electron chi connectivity index (χ0n) is 22.2. The monoisotopic (exact) mass is 534 g/mol. The zero-order chi connectivity index (χ0) is 27.8. The van der Waals surface area contributed by atoms with Gasteiger partial charge < -0.3 is 20.6 Å². The van der Waals surface area contributed by atoms with Crippen LogP contribution in [0.2, 0.25) is 0 Å². The first-order valence-electron chi connectivity index (χ1n) is 13.5. The summed E-state index contributed by atoms with van der Waals surface area (Å²) < 4.78 is 1.74. The van der Waals surface area contributed by atoms with Crippen LogP contribution in [-0.4, -0.2) is 52.5 Å². The quantitative estimate of drug-likeness (QED) is 0.277. The number of carbonyl (C=O) groups excluding carboxylic acids is 2. The molecule has 1 saturated heterocycles. The molecular weight excluding hydrogens is 504 g/mol. The fourth-order valence-corrected chi connectivity index (χ4v) is 5.63. The fourth-order valence-electron chi connectivity index (χ4n) is 5.63. The lowest BCUT2D eigenvalue weighted by Crippen LogP contribution is -2.31. The van der Waals surface area contributed by atoms with Gasteiger partial charge in [0.25, 0.3) is 5.91 Å². The van der Waals surface area contributed by atoms with Crippen molar-refractivity contribution in [3.63, 3.8) is 0 Å². The number of aromatic nitrogens is 1. The Kier molecular flexibility index (Phi) is 6.69. The van der Waals surface area contributed by atoms with Gasteiger partial charge in [-0.2, -0.15) is 0 Å². The predicted molar refractivity (Wildman–Crippen MR) is 156 cm³/mol. The van der Waals surface area contributed by atoms with Crippen molar-refractivity contribution in [2.45, 2.75) is 19.3 Å². The second-order valence-electron chi connectivity index (χ2n) is 10.6. The van der Waals surface area contributed by atoms with E-state index in [0.29, 0.717) is 34.9 Å². The minimum Gasteiger partial charge on any atom is -0.478 e. The molecule has 2 aliphatic heterocycles. The molecule has 2 aliphatic rings. The van der Waals surface area contributed by atoms with E-state index >= 15 is 0 Å². The number of hydrogen-bond donors (Lipinski definition) is 3. The van der Waals surface area contributed by atoms with Gasteiger partial charge in [0.1, 0.15) is 0 Å². The van der Waals surface area contributed by atoms with Crippen LogP contribution in [0.15, 0.2) is 79.0 Å². The predicted octanol–water partition coefficient (Wildman–Crippen LogP) is 5.64. The largest absolute Gasteiger partial charge is 0.478 e. The molecule has 8 nitrogen and oxygen atoms in total. The summed E-state index contributed by atoms with van der Waals surface area (Å²) in [5, 5.41) is 16.6. The van der Waals surface area contributed by atoms with Crippen molar-refractivity contribution in [2.75, 3.05) is 30.8 Å². The van der Waals surface area contributed by atoms with Crippen LogP contribution in [0.5, 0.6) is 0 Å². The molecule has 1 amide bonds. The number of rotatable bonds is 6. The topological polar surface area (TPSA) is 104 Å². The molecule has 0 atom stereocenters. The summed E-state index contributed by atoms with van der Waals surface area (Å²) >= 11 is 0. The summed E-state index contributed by atoms with van der Waals surface area (Å²) in [6.07, 6.45) is 4.46. The van der Waals surface area contributed by atoms with Crippen LogP contribution in [0.1, 0.15) is 45.5 Å². The maximum atomic E-state index is 13.2. The van der Waals surface area contributed by atoms with Crippen LogP contribution in [-0.2, 0) is 4.79 Å². The molecular formula is C32H30N4O4. The third-order valence-electron chi connectivity index (χ3n) is 7.85. The lowest BCUT2D eigenvalue weighted by molar-refractivity contribution is -0.110. The second kappa shape index (κ2) is 10.5. The highest BCUT2D eigenvalue weighted by Gasteiger charge is 2.29. The highest BCUT2D eigenvalue weighted by molar-refractivity contribution is 6.37. The van der Waals surface area contributed by atoms with E-state index in [2.05, 4.69) is 22.6 Å². The lowest BCUT2D eigenvalue weighted by atomic mass is 9.93. The summed E-state index contributed by atoms with van der Waals surface area (Å²) in [5.41, 5.74) is 4.67. The van der Waals surface area contributed by atoms with Crippen molar-refractivity contribution in [3.05, 3.63) is 95.7 Å². The van der Waals surface area contributed by atoms with E-state index in [0.717, 1.165) is 48.1 Å². The molecule has 0 saturated carbocycles. The molecule has 3 aromatic carbocycles. The number of piperidine rings is 1. The first kappa shape index (κ1) is 25.6. The minimum absolute atomic E-state index is 0.106. The van der Waals surface area contributed by atoms with E-state index in [4.69, 9.17) is 0 Å². The Hall–Kier alpha value is -4.69. The highest BCUT2D eigenvalue weighted by atomic mass is 16.4. The van der Waals surface area contributed by atoms with E-state index in [1.165, 1.54) is 12.1 Å². The lowest BCUT2D eigenvalue weighted by Gasteiger charge is -2.28. The number of likely N-dealkylation sites (tertiary alicyclic amines) is 1. The molecule has 6 rings (SSSR count). The summed E-state index contributed by atoms with van der Waals surface area (Å²) in [5.74, 6) is -0.844. The van der Waals surface area contributed by atoms with E-state index in [9.17, 15) is 19.5 Å². The van der Waals surface area contributed by atoms with E-state index in [1.807, 2.05) is 60.8 Å². The minimum atomic E-state index is -1.05. The van der Waals surface area contributed by atoms with Crippen molar-refractivity contribution in [1.29, 1.82) is 0 Å². The summed E-state index contributed by atoms with van der Waals surface area (Å²) in [6.45, 7) is 2.06. The standard InChI is InChI=1S/C32H30N4O4/c1-35-14-11-20(12-15-35)17-28(37)36-16-13-22-18-24(8-10-27(22)36)33-30(21-5-3-2-4-6-21)29-25-9-7-23(32(39)40)19-26(25)34-31(29)38/h2-10,13,16,18-20,33H,11-12,14-15,17H2,1H3,(H,34,38)(H,39,40). The maximum absolute atomic E-state index is 13.2. The number of nitrogens with zero attached hydrogens (tertiary/aromatic N) is 2. The summed E-state index contributed by atoms with van der Waals surface area (Å²) in [7, 11) is 2.12. The number of aromatic carboxylic acids is 1. The molecule has 0 aliphatic carbocycles. The van der Waals surface area contributed by atoms with Crippen LogP contribution < -0.4 is 10.6 Å². The Balaban J connectivity index is 1.33. The summed E-state index contributed by atoms with van der Waals surface area (Å²) in [6, 6.07) is 21.9. The SMILES string of the molecule is CN1CCC(CC(=O)n2ccc3cc(NC(=C4C(=O)Nc5cc(C(=O)O)ccc54)c4ccccc4)ccc32)CC1. The van der Waals surface area contributed by atoms with Crippen LogP contribution in [0, 0.1) is 5.92 Å². The number of carboxylic acids is 1. The van der Waals surface area contributed by atoms with E-state index in [-0.39, 0.29) is 17.4 Å². The number of hydrogen-bond acceptors (Lipinski definition) is 5. The third-order valence-corrected chi connectivity index (χ3v) is 7.85. The van der Waals surface area contributed by atoms with Gasteiger partial charge in [-0.3, -0.25) is 14.2 Å². The van der Waals surface area contributed by atoms with Gasteiger partial charge in [0, 0.05) is 29.3 Å². The van der Waals surface area contributed by atoms with Gasteiger partial charge in [-0.25, -0.2) is 4.79 Å². The molecule has 0 unspecified atom stereocenters. The van der Waals surface area contributed by atoms with Crippen LogP contribution >= 0.6 is 0 Å². The zero-order valence-corrected chi connectivity index (χ0v) is 22.2. The molecule has 3 heterocycles. The molecule has 1 fully saturated rings. The van der Waals surface area contributed by atoms with Gasteiger partial charge in [-0.05, 0) is 80.9 Å². The Bertz CT molecular complexity index is 1660. The van der Waals surface area contributed by atoms with Gasteiger partial charge in [0.2, 0.25) is 5.91 Å². The Morgan fingerprint density at radius 3 is 2.50 bits per heavy atom. The first-order valence-corrected chi connectivity index (χ1v) is 13.5. The Morgan fingerprint density at radius 2 is 1.75 bits per heavy atom. The van der Waals surface area contributed by atoms with Gasteiger partial charge >= 0.3 is 5.97 Å². The van der Waals surface area contributed by atoms with Crippen molar-refractivity contribution < 1.29 is 19.5 Å². The maximum Gasteiger partial charge on any atom is 0.335 e. The number of carbonyl (C=O) groups is 3. The van der Waals surface area contributed by atoms with Gasteiger partial charge in [-0.15, -0.1) is 0 Å². The van der Waals surface area contributed by atoms with Crippen molar-refractivity contribution in [1.82, 2.24) is 9.47 Å². The molecule has 1 aromatic heterocycles. The van der Waals surface area contributed by atoms with Gasteiger partial charge in [0.15, 0.2) is 0 Å². The molecule has 4 aromatic rings. The van der Waals surface area contributed by atoms with Crippen LogP contribution in [0.3, 0.4) is 0 Å². The average Bonchev–Trinajstić information content (AvgIpc) is 3.53. The molecule has 0 spiro atoms. The molecule has 0 bridgehead atoms. The molecule has 8 heteroatoms. The highest BCUT2D eigenvalue weighted by Crippen LogP contribution is 2.38. The number of nitrogens with one attached hydrogen (secondary N) is 2. The number of anilines is 2. The van der Waals surface area contributed by atoms with Crippen molar-refractivity contribution >= 4 is 51.3 Å². The van der Waals surface area contributed by atoms with E-state index < -0.39 is 5.97 Å². The van der Waals surface area contributed by atoms with Crippen LogP contribution in [0.4, 0.5) is 11.4 Å². The Labute approximate surface area is 231 Å². The van der Waals surface area contributed by atoms with Gasteiger partial charge in [-0.1, -0.05) is 36.4 Å². The first-order chi connectivity index (χ1) is 19.4. The molecule has 0 radical (unpaired) electrons. The Morgan fingerprint density at radius 1 is 0.975 bits per heavy atom. The average molecular weight is 535 g/mol. The normalized spacial score (nSPS) is 17.0. The van der Waals surface area contributed by atoms with E-state index in [1.54, 1.807) is 10.6 Å². The molecule has 3 N–H and O–H groups in total.